The highest BCUT2D eigenvalue weighted by molar-refractivity contribution is 5.78. The van der Waals surface area contributed by atoms with Gasteiger partial charge in [-0.1, -0.05) is 40.5 Å². The van der Waals surface area contributed by atoms with E-state index in [9.17, 15) is 4.79 Å². The van der Waals surface area contributed by atoms with Gasteiger partial charge >= 0.3 is 0 Å². The van der Waals surface area contributed by atoms with Gasteiger partial charge in [-0.15, -0.1) is 0 Å². The minimum absolute atomic E-state index is 0.449. The highest BCUT2D eigenvalue weighted by Crippen LogP contribution is 2.46. The molecule has 0 aromatic carbocycles. The van der Waals surface area contributed by atoms with Crippen molar-refractivity contribution in [3.63, 3.8) is 0 Å². The Hall–Kier alpha value is -0.330. The first-order chi connectivity index (χ1) is 7.47. The summed E-state index contributed by atoms with van der Waals surface area (Å²) in [5.41, 5.74) is 0.449. The van der Waals surface area contributed by atoms with Gasteiger partial charge in [-0.25, -0.2) is 0 Å². The van der Waals surface area contributed by atoms with Gasteiger partial charge < -0.3 is 0 Å². The summed E-state index contributed by atoms with van der Waals surface area (Å²) in [6.45, 7) is 9.23. The van der Waals surface area contributed by atoms with E-state index < -0.39 is 0 Å². The Morgan fingerprint density at radius 3 is 2.56 bits per heavy atom. The van der Waals surface area contributed by atoms with Gasteiger partial charge in [0, 0.05) is 12.8 Å². The number of carbonyl (C=O) groups excluding carboxylic acids is 1. The Balaban J connectivity index is 2.46. The summed E-state index contributed by atoms with van der Waals surface area (Å²) >= 11 is 0. The van der Waals surface area contributed by atoms with Crippen LogP contribution in [0.3, 0.4) is 0 Å². The predicted octanol–water partition coefficient (Wildman–Crippen LogP) is 4.60. The molecular weight excluding hydrogens is 196 g/mol. The Morgan fingerprint density at radius 1 is 1.31 bits per heavy atom. The molecule has 94 valence electrons. The van der Waals surface area contributed by atoms with Crippen molar-refractivity contribution < 1.29 is 4.79 Å². The van der Waals surface area contributed by atoms with Gasteiger partial charge in [0.05, 0.1) is 0 Å². The van der Waals surface area contributed by atoms with Crippen molar-refractivity contribution in [3.8, 4) is 0 Å². The summed E-state index contributed by atoms with van der Waals surface area (Å²) < 4.78 is 0. The molecule has 1 saturated carbocycles. The summed E-state index contributed by atoms with van der Waals surface area (Å²) in [6, 6.07) is 0. The van der Waals surface area contributed by atoms with Crippen LogP contribution in [-0.2, 0) is 4.79 Å². The van der Waals surface area contributed by atoms with E-state index in [1.165, 1.54) is 19.3 Å². The van der Waals surface area contributed by atoms with Crippen LogP contribution in [0.1, 0.15) is 72.6 Å². The summed E-state index contributed by atoms with van der Waals surface area (Å²) in [6.07, 6.45) is 7.77. The van der Waals surface area contributed by atoms with E-state index in [0.29, 0.717) is 11.2 Å². The minimum Gasteiger partial charge on any atom is -0.300 e. The molecule has 2 atom stereocenters. The summed E-state index contributed by atoms with van der Waals surface area (Å²) in [5.74, 6) is 2.02. The van der Waals surface area contributed by atoms with Gasteiger partial charge in [-0.2, -0.15) is 0 Å². The molecule has 1 rings (SSSR count). The maximum atomic E-state index is 11.6. The van der Waals surface area contributed by atoms with Crippen molar-refractivity contribution in [2.75, 3.05) is 0 Å². The Bertz CT molecular complexity index is 230. The molecule has 1 heteroatoms. The first-order valence-corrected chi connectivity index (χ1v) is 6.99. The number of ketones is 1. The van der Waals surface area contributed by atoms with Crippen molar-refractivity contribution in [1.82, 2.24) is 0 Å². The van der Waals surface area contributed by atoms with Crippen LogP contribution in [0.2, 0.25) is 0 Å². The lowest BCUT2D eigenvalue weighted by Gasteiger charge is -2.43. The molecule has 0 amide bonds. The van der Waals surface area contributed by atoms with Crippen LogP contribution in [0.25, 0.3) is 0 Å². The first-order valence-electron chi connectivity index (χ1n) is 6.99. The summed E-state index contributed by atoms with van der Waals surface area (Å²) in [7, 11) is 0. The number of rotatable bonds is 5. The maximum Gasteiger partial charge on any atom is 0.132 e. The molecular formula is C15H28O. The Kier molecular flexibility index (Phi) is 5.01. The molecule has 1 aliphatic carbocycles. The second kappa shape index (κ2) is 5.84. The molecule has 0 aromatic heterocycles. The molecule has 16 heavy (non-hydrogen) atoms. The fourth-order valence-corrected chi connectivity index (χ4v) is 3.43. The molecule has 0 N–H and O–H groups in total. The average molecular weight is 224 g/mol. The lowest BCUT2D eigenvalue weighted by molar-refractivity contribution is -0.119. The van der Waals surface area contributed by atoms with E-state index in [1.54, 1.807) is 0 Å². The van der Waals surface area contributed by atoms with Crippen molar-refractivity contribution in [2.45, 2.75) is 72.6 Å². The fraction of sp³-hybridized carbons (Fsp3) is 0.933. The van der Waals surface area contributed by atoms with Gasteiger partial charge in [0.1, 0.15) is 5.78 Å². The smallest absolute Gasteiger partial charge is 0.132 e. The molecule has 0 saturated heterocycles. The summed E-state index contributed by atoms with van der Waals surface area (Å²) in [4.78, 5) is 11.6. The molecule has 1 fully saturated rings. The van der Waals surface area contributed by atoms with Crippen molar-refractivity contribution >= 4 is 5.78 Å². The highest BCUT2D eigenvalue weighted by Gasteiger charge is 2.36. The zero-order valence-corrected chi connectivity index (χ0v) is 11.5. The molecule has 1 nitrogen and oxygen atoms in total. The zero-order chi connectivity index (χ0) is 12.2. The molecule has 1 aliphatic rings. The SMILES string of the molecule is CCCC(=O)CCC1C(C)CCCC1(C)C. The van der Waals surface area contributed by atoms with Gasteiger partial charge in [-0.05, 0) is 36.5 Å². The third kappa shape index (κ3) is 3.61. The quantitative estimate of drug-likeness (QED) is 0.667. The molecule has 0 heterocycles. The van der Waals surface area contributed by atoms with Crippen LogP contribution in [0.5, 0.6) is 0 Å². The Labute approximate surface area is 101 Å². The van der Waals surface area contributed by atoms with Crippen molar-refractivity contribution in [1.29, 1.82) is 0 Å². The van der Waals surface area contributed by atoms with Crippen LogP contribution >= 0.6 is 0 Å². The van der Waals surface area contributed by atoms with Crippen LogP contribution in [0.15, 0.2) is 0 Å². The van der Waals surface area contributed by atoms with Gasteiger partial charge in [-0.3, -0.25) is 4.79 Å². The normalized spacial score (nSPS) is 29.0. The molecule has 2 unspecified atom stereocenters. The zero-order valence-electron chi connectivity index (χ0n) is 11.5. The highest BCUT2D eigenvalue weighted by atomic mass is 16.1. The van der Waals surface area contributed by atoms with Gasteiger partial charge in [0.25, 0.3) is 0 Å². The van der Waals surface area contributed by atoms with Crippen LogP contribution in [0.4, 0.5) is 0 Å². The third-order valence-corrected chi connectivity index (χ3v) is 4.43. The third-order valence-electron chi connectivity index (χ3n) is 4.43. The van der Waals surface area contributed by atoms with Crippen molar-refractivity contribution in [3.05, 3.63) is 0 Å². The van der Waals surface area contributed by atoms with E-state index in [0.717, 1.165) is 37.5 Å². The molecule has 0 bridgehead atoms. The predicted molar refractivity (Wildman–Crippen MR) is 69.4 cm³/mol. The topological polar surface area (TPSA) is 17.1 Å². The fourth-order valence-electron chi connectivity index (χ4n) is 3.43. The van der Waals surface area contributed by atoms with E-state index >= 15 is 0 Å². The lowest BCUT2D eigenvalue weighted by Crippen LogP contribution is -2.34. The molecule has 0 aromatic rings. The molecule has 0 aliphatic heterocycles. The minimum atomic E-state index is 0.449. The van der Waals surface area contributed by atoms with Crippen LogP contribution in [-0.4, -0.2) is 5.78 Å². The largest absolute Gasteiger partial charge is 0.300 e. The maximum absolute atomic E-state index is 11.6. The Morgan fingerprint density at radius 2 is 2.00 bits per heavy atom. The van der Waals surface area contributed by atoms with Crippen LogP contribution < -0.4 is 0 Å². The van der Waals surface area contributed by atoms with Crippen LogP contribution in [0, 0.1) is 17.3 Å². The number of Topliss-reactive ketones (excluding diaryl/α,β-unsaturated/α-hetero) is 1. The second-order valence-electron chi connectivity index (χ2n) is 6.29. The van der Waals surface area contributed by atoms with E-state index in [-0.39, 0.29) is 0 Å². The van der Waals surface area contributed by atoms with E-state index in [2.05, 4.69) is 27.7 Å². The average Bonchev–Trinajstić information content (AvgIpc) is 2.16. The summed E-state index contributed by atoms with van der Waals surface area (Å²) in [5, 5.41) is 0. The number of hydrogen-bond donors (Lipinski definition) is 0. The van der Waals surface area contributed by atoms with Crippen molar-refractivity contribution in [2.24, 2.45) is 17.3 Å². The van der Waals surface area contributed by atoms with E-state index in [4.69, 9.17) is 0 Å². The number of carbonyl (C=O) groups is 1. The lowest BCUT2D eigenvalue weighted by atomic mass is 9.62. The van der Waals surface area contributed by atoms with E-state index in [1.807, 2.05) is 0 Å². The monoisotopic (exact) mass is 224 g/mol. The van der Waals surface area contributed by atoms with Gasteiger partial charge in [0.15, 0.2) is 0 Å². The first kappa shape index (κ1) is 13.7. The standard InChI is InChI=1S/C15H28O/c1-5-7-13(16)9-10-14-12(2)8-6-11-15(14,3)4/h12,14H,5-11H2,1-4H3. The second-order valence-corrected chi connectivity index (χ2v) is 6.29. The van der Waals surface area contributed by atoms with Gasteiger partial charge in [0.2, 0.25) is 0 Å². The molecule has 0 spiro atoms. The molecule has 0 radical (unpaired) electrons. The number of hydrogen-bond acceptors (Lipinski definition) is 1.